The second-order valence-electron chi connectivity index (χ2n) is 5.45. The van der Waals surface area contributed by atoms with E-state index in [1.807, 2.05) is 27.7 Å². The Morgan fingerprint density at radius 2 is 1.62 bits per heavy atom. The molecule has 0 saturated carbocycles. The van der Waals surface area contributed by atoms with Crippen molar-refractivity contribution in [1.82, 2.24) is 10.2 Å². The Morgan fingerprint density at radius 1 is 1.10 bits per heavy atom. The van der Waals surface area contributed by atoms with Gasteiger partial charge in [-0.1, -0.05) is 27.7 Å². The van der Waals surface area contributed by atoms with Crippen molar-refractivity contribution in [3.05, 3.63) is 0 Å². The van der Waals surface area contributed by atoms with Crippen LogP contribution in [-0.4, -0.2) is 51.7 Å². The zero-order chi connectivity index (χ0) is 16.6. The Kier molecular flexibility index (Phi) is 8.42. The lowest BCUT2D eigenvalue weighted by molar-refractivity contribution is -0.145. The molecular weight excluding hydrogens is 276 g/mol. The van der Waals surface area contributed by atoms with Crippen molar-refractivity contribution in [3.8, 4) is 0 Å². The molecule has 0 rings (SSSR count). The van der Waals surface area contributed by atoms with Crippen LogP contribution in [0.4, 0.5) is 4.79 Å². The number of carboxylic acids is 2. The number of carboxylic acid groups (broad SMARTS) is 2. The highest BCUT2D eigenvalue weighted by Crippen LogP contribution is 2.12. The van der Waals surface area contributed by atoms with Crippen LogP contribution >= 0.6 is 0 Å². The van der Waals surface area contributed by atoms with Gasteiger partial charge in [-0.25, -0.2) is 9.59 Å². The van der Waals surface area contributed by atoms with Gasteiger partial charge in [0, 0.05) is 12.6 Å². The largest absolute Gasteiger partial charge is 0.481 e. The molecule has 2 amide bonds. The van der Waals surface area contributed by atoms with Crippen molar-refractivity contribution in [2.24, 2.45) is 5.92 Å². The monoisotopic (exact) mass is 302 g/mol. The number of nitrogens with zero attached hydrogens (tertiary/aromatic N) is 1. The molecule has 3 N–H and O–H groups in total. The maximum absolute atomic E-state index is 12.3. The highest BCUT2D eigenvalue weighted by Gasteiger charge is 2.28. The molecule has 1 atom stereocenters. The molecule has 0 aromatic rings. The minimum Gasteiger partial charge on any atom is -0.481 e. The Balaban J connectivity index is 5.00. The van der Waals surface area contributed by atoms with Crippen molar-refractivity contribution in [1.29, 1.82) is 0 Å². The minimum absolute atomic E-state index is 0.00618. The smallest absolute Gasteiger partial charge is 0.326 e. The molecular formula is C14H26N2O5. The number of hydrogen-bond donors (Lipinski definition) is 3. The number of carbonyl (C=O) groups excluding carboxylic acids is 1. The second kappa shape index (κ2) is 9.20. The van der Waals surface area contributed by atoms with Gasteiger partial charge in [-0.3, -0.25) is 4.79 Å². The van der Waals surface area contributed by atoms with E-state index < -0.39 is 30.4 Å². The number of amides is 2. The first-order valence-electron chi connectivity index (χ1n) is 7.24. The lowest BCUT2D eigenvalue weighted by atomic mass is 10.1. The Morgan fingerprint density at radius 3 is 1.95 bits per heavy atom. The van der Waals surface area contributed by atoms with Crippen LogP contribution in [0.1, 0.15) is 47.0 Å². The second-order valence-corrected chi connectivity index (χ2v) is 5.45. The third kappa shape index (κ3) is 6.97. The third-order valence-corrected chi connectivity index (χ3v) is 3.18. The Hall–Kier alpha value is -1.79. The number of hydrogen-bond acceptors (Lipinski definition) is 3. The predicted octanol–water partition coefficient (Wildman–Crippen LogP) is 1.77. The van der Waals surface area contributed by atoms with Gasteiger partial charge in [-0.05, 0) is 18.8 Å². The van der Waals surface area contributed by atoms with Crippen LogP contribution in [0, 0.1) is 5.92 Å². The summed E-state index contributed by atoms with van der Waals surface area (Å²) in [6.45, 7) is 8.35. The van der Waals surface area contributed by atoms with Gasteiger partial charge in [-0.15, -0.1) is 0 Å². The normalized spacial score (nSPS) is 12.3. The molecule has 21 heavy (non-hydrogen) atoms. The molecule has 7 heteroatoms. The van der Waals surface area contributed by atoms with Gasteiger partial charge < -0.3 is 20.4 Å². The SMILES string of the molecule is CCC(CC)N(CC(C)C)C(=O)NC(CC(=O)O)C(=O)O. The molecule has 0 spiro atoms. The van der Waals surface area contributed by atoms with Gasteiger partial charge in [0.25, 0.3) is 0 Å². The maximum atomic E-state index is 12.3. The molecule has 0 aliphatic heterocycles. The average Bonchev–Trinajstić information content (AvgIpc) is 2.36. The minimum atomic E-state index is -1.42. The first-order chi connectivity index (χ1) is 9.72. The summed E-state index contributed by atoms with van der Waals surface area (Å²) in [5, 5.41) is 20.0. The van der Waals surface area contributed by atoms with E-state index >= 15 is 0 Å². The molecule has 0 aliphatic carbocycles. The Bertz CT molecular complexity index is 366. The fourth-order valence-electron chi connectivity index (χ4n) is 2.13. The molecule has 0 bridgehead atoms. The van der Waals surface area contributed by atoms with Crippen LogP contribution in [0.3, 0.4) is 0 Å². The van der Waals surface area contributed by atoms with E-state index in [2.05, 4.69) is 5.32 Å². The van der Waals surface area contributed by atoms with Crippen LogP contribution in [0.25, 0.3) is 0 Å². The van der Waals surface area contributed by atoms with E-state index in [1.165, 1.54) is 0 Å². The fraction of sp³-hybridized carbons (Fsp3) is 0.786. The van der Waals surface area contributed by atoms with E-state index in [-0.39, 0.29) is 12.0 Å². The van der Waals surface area contributed by atoms with Crippen molar-refractivity contribution in [2.75, 3.05) is 6.54 Å². The van der Waals surface area contributed by atoms with Crippen LogP contribution in [-0.2, 0) is 9.59 Å². The molecule has 0 radical (unpaired) electrons. The lowest BCUT2D eigenvalue weighted by Crippen LogP contribution is -2.52. The highest BCUT2D eigenvalue weighted by molar-refractivity contribution is 5.86. The van der Waals surface area contributed by atoms with E-state index in [4.69, 9.17) is 10.2 Å². The van der Waals surface area contributed by atoms with E-state index in [0.29, 0.717) is 6.54 Å². The van der Waals surface area contributed by atoms with E-state index in [0.717, 1.165) is 12.8 Å². The van der Waals surface area contributed by atoms with E-state index in [1.54, 1.807) is 4.90 Å². The summed E-state index contributed by atoms with van der Waals surface area (Å²) in [7, 11) is 0. The first-order valence-corrected chi connectivity index (χ1v) is 7.24. The van der Waals surface area contributed by atoms with Gasteiger partial charge >= 0.3 is 18.0 Å². The van der Waals surface area contributed by atoms with Gasteiger partial charge in [0.15, 0.2) is 0 Å². The van der Waals surface area contributed by atoms with Crippen LogP contribution in [0.5, 0.6) is 0 Å². The summed E-state index contributed by atoms with van der Waals surface area (Å²) in [6, 6.07) is -1.93. The molecule has 0 saturated heterocycles. The average molecular weight is 302 g/mol. The summed E-state index contributed by atoms with van der Waals surface area (Å²) in [6.07, 6.45) is 0.875. The van der Waals surface area contributed by atoms with Gasteiger partial charge in [0.2, 0.25) is 0 Å². The summed E-state index contributed by atoms with van der Waals surface area (Å²) in [5.74, 6) is -2.38. The molecule has 0 aromatic heterocycles. The van der Waals surface area contributed by atoms with Crippen molar-refractivity contribution < 1.29 is 24.6 Å². The first kappa shape index (κ1) is 19.2. The molecule has 0 aliphatic rings. The van der Waals surface area contributed by atoms with Gasteiger partial charge in [-0.2, -0.15) is 0 Å². The topological polar surface area (TPSA) is 107 Å². The van der Waals surface area contributed by atoms with Gasteiger partial charge in [0.05, 0.1) is 6.42 Å². The molecule has 0 aromatic carbocycles. The van der Waals surface area contributed by atoms with Crippen LogP contribution in [0.15, 0.2) is 0 Å². The zero-order valence-electron chi connectivity index (χ0n) is 13.1. The number of carbonyl (C=O) groups is 3. The van der Waals surface area contributed by atoms with E-state index in [9.17, 15) is 14.4 Å². The summed E-state index contributed by atoms with van der Waals surface area (Å²) in [4.78, 5) is 35.6. The quantitative estimate of drug-likeness (QED) is 0.601. The van der Waals surface area contributed by atoms with Gasteiger partial charge in [0.1, 0.15) is 6.04 Å². The van der Waals surface area contributed by atoms with Crippen molar-refractivity contribution in [2.45, 2.75) is 59.0 Å². The standard InChI is InChI=1S/C14H26N2O5/c1-5-10(6-2)16(8-9(3)4)14(21)15-11(13(19)20)7-12(17)18/h9-11H,5-8H2,1-4H3,(H,15,21)(H,17,18)(H,19,20). The Labute approximate surface area is 125 Å². The van der Waals surface area contributed by atoms with Crippen molar-refractivity contribution in [3.63, 3.8) is 0 Å². The predicted molar refractivity (Wildman–Crippen MR) is 78.1 cm³/mol. The summed E-state index contributed by atoms with van der Waals surface area (Å²) < 4.78 is 0. The molecule has 1 unspecified atom stereocenters. The fourth-order valence-corrected chi connectivity index (χ4v) is 2.13. The van der Waals surface area contributed by atoms with Crippen LogP contribution in [0.2, 0.25) is 0 Å². The third-order valence-electron chi connectivity index (χ3n) is 3.18. The molecule has 0 fully saturated rings. The summed E-state index contributed by atoms with van der Waals surface area (Å²) >= 11 is 0. The number of aliphatic carboxylic acids is 2. The van der Waals surface area contributed by atoms with Crippen molar-refractivity contribution >= 4 is 18.0 Å². The maximum Gasteiger partial charge on any atom is 0.326 e. The highest BCUT2D eigenvalue weighted by atomic mass is 16.4. The number of rotatable bonds is 9. The number of urea groups is 1. The summed E-state index contributed by atoms with van der Waals surface area (Å²) in [5.41, 5.74) is 0. The van der Waals surface area contributed by atoms with Crippen LogP contribution < -0.4 is 5.32 Å². The molecule has 0 heterocycles. The lowest BCUT2D eigenvalue weighted by Gasteiger charge is -2.33. The molecule has 122 valence electrons. The molecule has 7 nitrogen and oxygen atoms in total. The number of nitrogens with one attached hydrogen (secondary N) is 1. The zero-order valence-corrected chi connectivity index (χ0v) is 13.1.